The van der Waals surface area contributed by atoms with Gasteiger partial charge in [0, 0.05) is 32.1 Å². The molecular formula is C22H27N3O4. The van der Waals surface area contributed by atoms with Crippen molar-refractivity contribution in [3.63, 3.8) is 0 Å². The van der Waals surface area contributed by atoms with Gasteiger partial charge in [0.25, 0.3) is 0 Å². The Morgan fingerprint density at radius 2 is 1.97 bits per heavy atom. The van der Waals surface area contributed by atoms with Gasteiger partial charge in [0.1, 0.15) is 12.4 Å². The second kappa shape index (κ2) is 10.6. The number of ether oxygens (including phenoxy) is 2. The first-order chi connectivity index (χ1) is 14.2. The first kappa shape index (κ1) is 20.8. The Hall–Kier alpha value is -2.93. The van der Waals surface area contributed by atoms with E-state index in [1.165, 1.54) is 7.11 Å². The summed E-state index contributed by atoms with van der Waals surface area (Å²) in [6, 6.07) is 13.1. The van der Waals surface area contributed by atoms with Crippen molar-refractivity contribution in [1.82, 2.24) is 15.6 Å². The van der Waals surface area contributed by atoms with Gasteiger partial charge in [0.15, 0.2) is 0 Å². The van der Waals surface area contributed by atoms with Gasteiger partial charge in [-0.2, -0.15) is 0 Å². The van der Waals surface area contributed by atoms with Crippen molar-refractivity contribution in [1.29, 1.82) is 0 Å². The van der Waals surface area contributed by atoms with Crippen LogP contribution in [0.3, 0.4) is 0 Å². The van der Waals surface area contributed by atoms with Crippen LogP contribution < -0.4 is 15.4 Å². The van der Waals surface area contributed by atoms with Gasteiger partial charge in [0.2, 0.25) is 11.8 Å². The number of methoxy groups -OCH3 is 1. The zero-order chi connectivity index (χ0) is 20.5. The lowest BCUT2D eigenvalue weighted by atomic mass is 10.0. The van der Waals surface area contributed by atoms with Gasteiger partial charge in [-0.15, -0.1) is 0 Å². The third-order valence-corrected chi connectivity index (χ3v) is 5.04. The van der Waals surface area contributed by atoms with Gasteiger partial charge >= 0.3 is 0 Å². The topological polar surface area (TPSA) is 89.5 Å². The third-order valence-electron chi connectivity index (χ3n) is 5.04. The quantitative estimate of drug-likeness (QED) is 0.675. The smallest absolute Gasteiger partial charge is 0.246 e. The van der Waals surface area contributed by atoms with Crippen LogP contribution in [0.25, 0.3) is 0 Å². The van der Waals surface area contributed by atoms with Crippen LogP contribution in [0.2, 0.25) is 0 Å². The number of pyridine rings is 1. The second-order valence-corrected chi connectivity index (χ2v) is 7.25. The lowest BCUT2D eigenvalue weighted by molar-refractivity contribution is -0.128. The molecule has 0 spiro atoms. The summed E-state index contributed by atoms with van der Waals surface area (Å²) in [5.74, 6) is 0.386. The molecule has 7 heteroatoms. The fraction of sp³-hybridized carbons (Fsp3) is 0.409. The van der Waals surface area contributed by atoms with Gasteiger partial charge in [0.05, 0.1) is 12.5 Å². The van der Waals surface area contributed by atoms with E-state index < -0.39 is 0 Å². The molecule has 0 unspecified atom stereocenters. The van der Waals surface area contributed by atoms with Gasteiger partial charge in [-0.25, -0.2) is 0 Å². The zero-order valence-electron chi connectivity index (χ0n) is 16.5. The van der Waals surface area contributed by atoms with Crippen molar-refractivity contribution in [2.24, 2.45) is 11.8 Å². The molecule has 1 aromatic carbocycles. The highest BCUT2D eigenvalue weighted by Crippen LogP contribution is 2.32. The van der Waals surface area contributed by atoms with E-state index in [0.29, 0.717) is 26.0 Å². The Bertz CT molecular complexity index is 785. The van der Waals surface area contributed by atoms with Crippen LogP contribution in [0.5, 0.6) is 5.75 Å². The molecule has 154 valence electrons. The first-order valence-corrected chi connectivity index (χ1v) is 9.78. The largest absolute Gasteiger partial charge is 0.493 e. The molecular weight excluding hydrogens is 370 g/mol. The van der Waals surface area contributed by atoms with Gasteiger partial charge in [-0.05, 0) is 42.5 Å². The number of benzene rings is 1. The minimum Gasteiger partial charge on any atom is -0.493 e. The van der Waals surface area contributed by atoms with Crippen molar-refractivity contribution >= 4 is 11.8 Å². The number of carbonyl (C=O) groups excluding carboxylic acids is 2. The maximum absolute atomic E-state index is 12.8. The van der Waals surface area contributed by atoms with Crippen molar-refractivity contribution in [3.8, 4) is 5.75 Å². The lowest BCUT2D eigenvalue weighted by Gasteiger charge is -2.20. The SMILES string of the molecule is COCC(=O)N[C@@H]1C[C@H](COc2ccccc2)C[C@H]1C(=O)NCc1cccnc1. The molecule has 29 heavy (non-hydrogen) atoms. The minimum absolute atomic E-state index is 0.0221. The molecule has 1 aromatic heterocycles. The van der Waals surface area contributed by atoms with E-state index in [2.05, 4.69) is 15.6 Å². The van der Waals surface area contributed by atoms with Crippen LogP contribution in [0.1, 0.15) is 18.4 Å². The molecule has 0 saturated heterocycles. The number of para-hydroxylation sites is 1. The van der Waals surface area contributed by atoms with Crippen molar-refractivity contribution in [2.75, 3.05) is 20.3 Å². The highest BCUT2D eigenvalue weighted by Gasteiger charge is 2.39. The van der Waals surface area contributed by atoms with E-state index >= 15 is 0 Å². The summed E-state index contributed by atoms with van der Waals surface area (Å²) in [5.41, 5.74) is 0.933. The van der Waals surface area contributed by atoms with Gasteiger partial charge in [-0.1, -0.05) is 24.3 Å². The fourth-order valence-electron chi connectivity index (χ4n) is 3.66. The van der Waals surface area contributed by atoms with Gasteiger partial charge in [-0.3, -0.25) is 14.6 Å². The number of aromatic nitrogens is 1. The van der Waals surface area contributed by atoms with Crippen LogP contribution in [0.15, 0.2) is 54.9 Å². The summed E-state index contributed by atoms with van der Waals surface area (Å²) in [6.45, 7) is 0.895. The van der Waals surface area contributed by atoms with E-state index in [9.17, 15) is 9.59 Å². The summed E-state index contributed by atoms with van der Waals surface area (Å²) in [4.78, 5) is 28.9. The molecule has 3 rings (SSSR count). The summed E-state index contributed by atoms with van der Waals surface area (Å²) in [5, 5.41) is 5.91. The molecule has 1 aliphatic carbocycles. The first-order valence-electron chi connectivity index (χ1n) is 9.78. The molecule has 7 nitrogen and oxygen atoms in total. The van der Waals surface area contributed by atoms with Crippen LogP contribution >= 0.6 is 0 Å². The highest BCUT2D eigenvalue weighted by molar-refractivity contribution is 5.82. The molecule has 2 N–H and O–H groups in total. The number of amides is 2. The molecule has 0 bridgehead atoms. The maximum Gasteiger partial charge on any atom is 0.246 e. The van der Waals surface area contributed by atoms with Gasteiger partial charge < -0.3 is 20.1 Å². The van der Waals surface area contributed by atoms with Crippen LogP contribution in [0.4, 0.5) is 0 Å². The summed E-state index contributed by atoms with van der Waals surface area (Å²) < 4.78 is 10.8. The van der Waals surface area contributed by atoms with Crippen molar-refractivity contribution in [2.45, 2.75) is 25.4 Å². The van der Waals surface area contributed by atoms with E-state index in [-0.39, 0.29) is 36.3 Å². The number of rotatable bonds is 9. The second-order valence-electron chi connectivity index (χ2n) is 7.25. The van der Waals surface area contributed by atoms with E-state index in [1.807, 2.05) is 42.5 Å². The third kappa shape index (κ3) is 6.29. The normalized spacial score (nSPS) is 20.8. The van der Waals surface area contributed by atoms with Crippen molar-refractivity contribution < 1.29 is 19.1 Å². The Kier molecular flexibility index (Phi) is 7.58. The number of nitrogens with one attached hydrogen (secondary N) is 2. The molecule has 2 aromatic rings. The molecule has 0 radical (unpaired) electrons. The summed E-state index contributed by atoms with van der Waals surface area (Å²) in [7, 11) is 1.48. The van der Waals surface area contributed by atoms with Crippen molar-refractivity contribution in [3.05, 3.63) is 60.4 Å². The fourth-order valence-corrected chi connectivity index (χ4v) is 3.66. The maximum atomic E-state index is 12.8. The molecule has 1 fully saturated rings. The Morgan fingerprint density at radius 1 is 1.14 bits per heavy atom. The van der Waals surface area contributed by atoms with E-state index in [1.54, 1.807) is 12.4 Å². The summed E-state index contributed by atoms with van der Waals surface area (Å²) in [6.07, 6.45) is 4.77. The number of carbonyl (C=O) groups is 2. The average molecular weight is 397 g/mol. The average Bonchev–Trinajstić information content (AvgIpc) is 3.15. The number of hydrogen-bond donors (Lipinski definition) is 2. The van der Waals surface area contributed by atoms with Crippen LogP contribution in [-0.4, -0.2) is 43.2 Å². The number of hydrogen-bond acceptors (Lipinski definition) is 5. The Balaban J connectivity index is 1.59. The molecule has 1 aliphatic rings. The van der Waals surface area contributed by atoms with Crippen LogP contribution in [-0.2, 0) is 20.9 Å². The van der Waals surface area contributed by atoms with Crippen LogP contribution in [0, 0.1) is 11.8 Å². The molecule has 1 heterocycles. The predicted molar refractivity (Wildman–Crippen MR) is 108 cm³/mol. The summed E-state index contributed by atoms with van der Waals surface area (Å²) >= 11 is 0. The monoisotopic (exact) mass is 397 g/mol. The number of nitrogens with zero attached hydrogens (tertiary/aromatic N) is 1. The predicted octanol–water partition coefficient (Wildman–Crippen LogP) is 1.93. The minimum atomic E-state index is -0.308. The van der Waals surface area contributed by atoms with E-state index in [0.717, 1.165) is 11.3 Å². The zero-order valence-corrected chi connectivity index (χ0v) is 16.5. The van der Waals surface area contributed by atoms with E-state index in [4.69, 9.17) is 9.47 Å². The lowest BCUT2D eigenvalue weighted by Crippen LogP contribution is -2.44. The highest BCUT2D eigenvalue weighted by atomic mass is 16.5. The molecule has 0 aliphatic heterocycles. The standard InChI is InChI=1S/C22H27N3O4/c1-28-15-21(26)25-20-11-17(14-29-18-7-3-2-4-8-18)10-19(20)22(27)24-13-16-6-5-9-23-12-16/h2-9,12,17,19-20H,10-11,13-15H2,1H3,(H,24,27)(H,25,26)/t17-,19-,20-/m1/s1. The Morgan fingerprint density at radius 3 is 2.69 bits per heavy atom. The molecule has 3 atom stereocenters. The molecule has 2 amide bonds. The molecule has 1 saturated carbocycles. The Labute approximate surface area is 170 Å².